The van der Waals surface area contributed by atoms with E-state index in [1.807, 2.05) is 6.92 Å². The average molecular weight is 619 g/mol. The van der Waals surface area contributed by atoms with Crippen molar-refractivity contribution >= 4 is 23.5 Å². The predicted molar refractivity (Wildman–Crippen MR) is 164 cm³/mol. The summed E-state index contributed by atoms with van der Waals surface area (Å²) in [4.78, 5) is 59.3. The number of pyridine rings is 3. The molecule has 1 unspecified atom stereocenters. The molecule has 0 saturated carbocycles. The summed E-state index contributed by atoms with van der Waals surface area (Å²) in [5, 5.41) is 11.0. The molecule has 4 aromatic heterocycles. The zero-order chi connectivity index (χ0) is 31.9. The molecule has 236 valence electrons. The smallest absolute Gasteiger partial charge is 0.277 e. The van der Waals surface area contributed by atoms with Gasteiger partial charge in [0, 0.05) is 70.1 Å². The number of ether oxygens (including phenoxy) is 1. The highest BCUT2D eigenvalue weighted by atomic mass is 19.1. The Balaban J connectivity index is 1.42. The van der Waals surface area contributed by atoms with Gasteiger partial charge in [0.15, 0.2) is 5.82 Å². The number of aliphatic hydroxyl groups excluding tert-OH is 1. The first kappa shape index (κ1) is 31.5. The van der Waals surface area contributed by atoms with Crippen LogP contribution in [0.5, 0.6) is 0 Å². The lowest BCUT2D eigenvalue weighted by molar-refractivity contribution is 0.000197. The second kappa shape index (κ2) is 14.2. The summed E-state index contributed by atoms with van der Waals surface area (Å²) in [6.07, 6.45) is 4.94. The van der Waals surface area contributed by atoms with Crippen LogP contribution >= 0.6 is 0 Å². The average Bonchev–Trinajstić information content (AvgIpc) is 3.50. The Bertz CT molecular complexity index is 1670. The molecule has 4 aromatic rings. The number of hydrogen-bond donors (Lipinski definition) is 2. The third-order valence-corrected chi connectivity index (χ3v) is 7.40. The fourth-order valence-corrected chi connectivity index (χ4v) is 5.15. The number of methoxy groups -OCH3 is 1. The van der Waals surface area contributed by atoms with Crippen molar-refractivity contribution in [2.45, 2.75) is 39.1 Å². The van der Waals surface area contributed by atoms with E-state index < -0.39 is 18.2 Å². The van der Waals surface area contributed by atoms with Crippen molar-refractivity contribution in [3.8, 4) is 11.4 Å². The van der Waals surface area contributed by atoms with Crippen LogP contribution in [0, 0.1) is 5.95 Å². The standard InChI is InChI=1S/C31H35FN8O5/c1-3-13-40-30(43)26-28(39(31(40)44)17-7-18-45-2)36-27(35-26)21-10-12-24(34-19-21)38(29(42)22-9-11-23(32)33-20-22)16-6-15-37-14-5-4-8-25(37)41/h4-5,8-12,14,19-20,31,44H,3,6-7,13,15-18H2,1-2H3,(H,35,36). The number of anilines is 2. The van der Waals surface area contributed by atoms with Gasteiger partial charge in [0.2, 0.25) is 17.9 Å². The Morgan fingerprint density at radius 2 is 1.89 bits per heavy atom. The number of aromatic nitrogens is 5. The van der Waals surface area contributed by atoms with Crippen molar-refractivity contribution in [1.82, 2.24) is 29.4 Å². The number of carbonyl (C=O) groups excluding carboxylic acids is 2. The first-order chi connectivity index (χ1) is 21.8. The van der Waals surface area contributed by atoms with Crippen LogP contribution in [0.4, 0.5) is 16.0 Å². The number of aryl methyl sites for hydroxylation is 1. The highest BCUT2D eigenvalue weighted by Crippen LogP contribution is 2.32. The molecule has 0 fully saturated rings. The molecule has 2 N–H and O–H groups in total. The molecule has 13 nitrogen and oxygen atoms in total. The second-order valence-electron chi connectivity index (χ2n) is 10.5. The molecule has 0 aromatic carbocycles. The van der Waals surface area contributed by atoms with Crippen LogP contribution in [0.2, 0.25) is 0 Å². The number of hydrogen-bond acceptors (Lipinski definition) is 9. The van der Waals surface area contributed by atoms with Crippen LogP contribution in [0.15, 0.2) is 65.8 Å². The van der Waals surface area contributed by atoms with Gasteiger partial charge in [-0.2, -0.15) is 4.39 Å². The van der Waals surface area contributed by atoms with Crippen molar-refractivity contribution in [3.05, 3.63) is 88.6 Å². The normalized spacial score (nSPS) is 14.5. The van der Waals surface area contributed by atoms with E-state index in [1.54, 1.807) is 47.0 Å². The Morgan fingerprint density at radius 3 is 2.58 bits per heavy atom. The Morgan fingerprint density at radius 1 is 1.04 bits per heavy atom. The molecule has 2 amide bonds. The third-order valence-electron chi connectivity index (χ3n) is 7.40. The molecule has 0 radical (unpaired) electrons. The largest absolute Gasteiger partial charge is 0.385 e. The van der Waals surface area contributed by atoms with Gasteiger partial charge < -0.3 is 24.3 Å². The Kier molecular flexibility index (Phi) is 9.95. The van der Waals surface area contributed by atoms with Crippen LogP contribution in [-0.2, 0) is 11.3 Å². The maximum Gasteiger partial charge on any atom is 0.277 e. The molecule has 1 aliphatic heterocycles. The molecule has 0 spiro atoms. The van der Waals surface area contributed by atoms with Gasteiger partial charge in [0.25, 0.3) is 11.8 Å². The summed E-state index contributed by atoms with van der Waals surface area (Å²) in [6, 6.07) is 10.7. The van der Waals surface area contributed by atoms with E-state index in [9.17, 15) is 23.9 Å². The second-order valence-corrected chi connectivity index (χ2v) is 10.5. The minimum Gasteiger partial charge on any atom is -0.385 e. The minimum atomic E-state index is -1.16. The fourth-order valence-electron chi connectivity index (χ4n) is 5.15. The van der Waals surface area contributed by atoms with Crippen molar-refractivity contribution in [1.29, 1.82) is 0 Å². The molecule has 45 heavy (non-hydrogen) atoms. The van der Waals surface area contributed by atoms with Gasteiger partial charge in [-0.25, -0.2) is 15.0 Å². The summed E-state index contributed by atoms with van der Waals surface area (Å²) in [5.74, 6) is -0.449. The molecular weight excluding hydrogens is 583 g/mol. The lowest BCUT2D eigenvalue weighted by Gasteiger charge is -2.40. The number of imidazole rings is 1. The summed E-state index contributed by atoms with van der Waals surface area (Å²) in [5.41, 5.74) is 0.853. The summed E-state index contributed by atoms with van der Waals surface area (Å²) in [6.45, 7) is 3.79. The first-order valence-electron chi connectivity index (χ1n) is 14.7. The minimum absolute atomic E-state index is 0.150. The van der Waals surface area contributed by atoms with E-state index in [-0.39, 0.29) is 29.3 Å². The number of fused-ring (bicyclic) bond motifs is 1. The fraction of sp³-hybridized carbons (Fsp3) is 0.355. The number of rotatable bonds is 13. The van der Waals surface area contributed by atoms with Crippen LogP contribution in [0.1, 0.15) is 47.0 Å². The van der Waals surface area contributed by atoms with Crippen LogP contribution < -0.4 is 15.4 Å². The maximum atomic E-state index is 13.5. The first-order valence-corrected chi connectivity index (χ1v) is 14.7. The lowest BCUT2D eigenvalue weighted by atomic mass is 10.2. The van der Waals surface area contributed by atoms with Gasteiger partial charge in [0.05, 0.1) is 5.56 Å². The van der Waals surface area contributed by atoms with E-state index in [0.717, 1.165) is 6.07 Å². The van der Waals surface area contributed by atoms with Gasteiger partial charge in [-0.1, -0.05) is 13.0 Å². The van der Waals surface area contributed by atoms with E-state index >= 15 is 0 Å². The zero-order valence-electron chi connectivity index (χ0n) is 25.1. The number of H-pyrrole nitrogens is 1. The molecule has 0 saturated heterocycles. The van der Waals surface area contributed by atoms with E-state index in [1.165, 1.54) is 34.3 Å². The topological polar surface area (TPSA) is 150 Å². The number of aromatic amines is 1. The van der Waals surface area contributed by atoms with Crippen molar-refractivity contribution < 1.29 is 23.8 Å². The van der Waals surface area contributed by atoms with Crippen molar-refractivity contribution in [2.75, 3.05) is 43.2 Å². The summed E-state index contributed by atoms with van der Waals surface area (Å²) < 4.78 is 20.2. The van der Waals surface area contributed by atoms with E-state index in [4.69, 9.17) is 4.74 Å². The number of halogens is 1. The highest BCUT2D eigenvalue weighted by molar-refractivity contribution is 6.05. The van der Waals surface area contributed by atoms with E-state index in [0.29, 0.717) is 68.5 Å². The van der Waals surface area contributed by atoms with Crippen molar-refractivity contribution in [3.63, 3.8) is 0 Å². The Labute approximate surface area is 258 Å². The molecular formula is C31H35FN8O5. The molecule has 1 atom stereocenters. The van der Waals surface area contributed by atoms with Gasteiger partial charge in [-0.15, -0.1) is 0 Å². The summed E-state index contributed by atoms with van der Waals surface area (Å²) >= 11 is 0. The maximum absolute atomic E-state index is 13.5. The van der Waals surface area contributed by atoms with Crippen LogP contribution in [-0.4, -0.2) is 86.0 Å². The van der Waals surface area contributed by atoms with Gasteiger partial charge >= 0.3 is 0 Å². The highest BCUT2D eigenvalue weighted by Gasteiger charge is 2.39. The van der Waals surface area contributed by atoms with Crippen molar-refractivity contribution in [2.24, 2.45) is 0 Å². The molecule has 14 heteroatoms. The van der Waals surface area contributed by atoms with Gasteiger partial charge in [-0.05, 0) is 49.6 Å². The summed E-state index contributed by atoms with van der Waals surface area (Å²) in [7, 11) is 1.60. The number of nitrogens with one attached hydrogen (secondary N) is 1. The van der Waals surface area contributed by atoms with Gasteiger partial charge in [-0.3, -0.25) is 24.2 Å². The van der Waals surface area contributed by atoms with E-state index in [2.05, 4.69) is 19.9 Å². The number of amides is 2. The number of nitrogens with zero attached hydrogens (tertiary/aromatic N) is 7. The number of carbonyl (C=O) groups is 2. The monoisotopic (exact) mass is 618 g/mol. The molecule has 5 heterocycles. The zero-order valence-corrected chi connectivity index (χ0v) is 25.1. The van der Waals surface area contributed by atoms with Crippen LogP contribution in [0.25, 0.3) is 11.4 Å². The quantitative estimate of drug-likeness (QED) is 0.170. The third kappa shape index (κ3) is 6.91. The SMILES string of the molecule is CCCN1C(=O)c2[nH]c(-c3ccc(N(CCCn4ccccc4=O)C(=O)c4ccc(F)nc4)nc3)nc2N(CCCOC)C1O. The molecule has 5 rings (SSSR count). The van der Waals surface area contributed by atoms with Crippen LogP contribution in [0.3, 0.4) is 0 Å². The molecule has 0 aliphatic carbocycles. The molecule has 0 bridgehead atoms. The predicted octanol–water partition coefficient (Wildman–Crippen LogP) is 2.89. The Hall–Kier alpha value is -4.95. The lowest BCUT2D eigenvalue weighted by Crippen LogP contribution is -2.56. The van der Waals surface area contributed by atoms with Gasteiger partial charge in [0.1, 0.15) is 17.3 Å². The number of aliphatic hydroxyl groups is 1. The molecule has 1 aliphatic rings.